The molecule has 0 aliphatic rings. The standard InChI is InChI=1S/C8H9NO3/c1-6-2-4-7(5-3-6)12-8(10)9-11/h2-5,11H,1H3,(H,9,10). The van der Waals surface area contributed by atoms with Gasteiger partial charge in [-0.25, -0.2) is 10.3 Å². The molecule has 64 valence electrons. The zero-order valence-electron chi connectivity index (χ0n) is 6.57. The third-order valence-corrected chi connectivity index (χ3v) is 1.32. The summed E-state index contributed by atoms with van der Waals surface area (Å²) in [7, 11) is 0. The van der Waals surface area contributed by atoms with Crippen molar-refractivity contribution in [3.05, 3.63) is 29.8 Å². The van der Waals surface area contributed by atoms with E-state index in [9.17, 15) is 4.79 Å². The molecule has 0 heterocycles. The van der Waals surface area contributed by atoms with E-state index in [1.807, 2.05) is 6.92 Å². The SMILES string of the molecule is Cc1ccc(OC(=O)NO)cc1. The highest BCUT2D eigenvalue weighted by molar-refractivity contribution is 5.68. The van der Waals surface area contributed by atoms with E-state index in [-0.39, 0.29) is 0 Å². The van der Waals surface area contributed by atoms with E-state index < -0.39 is 6.09 Å². The second-order valence-corrected chi connectivity index (χ2v) is 2.31. The van der Waals surface area contributed by atoms with Crippen LogP contribution in [0.3, 0.4) is 0 Å². The van der Waals surface area contributed by atoms with Crippen LogP contribution in [0.4, 0.5) is 4.79 Å². The Kier molecular flexibility index (Phi) is 2.66. The number of rotatable bonds is 1. The fourth-order valence-electron chi connectivity index (χ4n) is 0.736. The van der Waals surface area contributed by atoms with Gasteiger partial charge in [-0.2, -0.15) is 0 Å². The van der Waals surface area contributed by atoms with Gasteiger partial charge in [0.05, 0.1) is 0 Å². The summed E-state index contributed by atoms with van der Waals surface area (Å²) >= 11 is 0. The molecule has 4 nitrogen and oxygen atoms in total. The Morgan fingerprint density at radius 2 is 2.00 bits per heavy atom. The molecule has 0 spiro atoms. The second-order valence-electron chi connectivity index (χ2n) is 2.31. The number of nitrogens with one attached hydrogen (secondary N) is 1. The molecule has 1 rings (SSSR count). The van der Waals surface area contributed by atoms with Gasteiger partial charge in [0.2, 0.25) is 0 Å². The molecular formula is C8H9NO3. The lowest BCUT2D eigenvalue weighted by molar-refractivity contribution is 0.127. The predicted octanol–water partition coefficient (Wildman–Crippen LogP) is 1.47. The third-order valence-electron chi connectivity index (χ3n) is 1.32. The highest BCUT2D eigenvalue weighted by Gasteiger charge is 1.99. The van der Waals surface area contributed by atoms with Gasteiger partial charge < -0.3 is 4.74 Å². The van der Waals surface area contributed by atoms with Crippen molar-refractivity contribution >= 4 is 6.09 Å². The lowest BCUT2D eigenvalue weighted by Gasteiger charge is -2.01. The summed E-state index contributed by atoms with van der Waals surface area (Å²) in [5, 5.41) is 8.13. The molecule has 4 heteroatoms. The van der Waals surface area contributed by atoms with E-state index in [1.54, 1.807) is 24.3 Å². The van der Waals surface area contributed by atoms with Crippen LogP contribution in [0.5, 0.6) is 5.75 Å². The van der Waals surface area contributed by atoms with Crippen molar-refractivity contribution in [1.82, 2.24) is 5.48 Å². The van der Waals surface area contributed by atoms with Crippen molar-refractivity contribution in [2.24, 2.45) is 0 Å². The van der Waals surface area contributed by atoms with Crippen LogP contribution in [-0.2, 0) is 0 Å². The van der Waals surface area contributed by atoms with E-state index >= 15 is 0 Å². The zero-order valence-corrected chi connectivity index (χ0v) is 6.57. The van der Waals surface area contributed by atoms with E-state index in [1.165, 1.54) is 5.48 Å². The van der Waals surface area contributed by atoms with Crippen LogP contribution in [0, 0.1) is 6.92 Å². The van der Waals surface area contributed by atoms with Crippen molar-refractivity contribution in [3.8, 4) is 5.75 Å². The molecule has 0 radical (unpaired) electrons. The second kappa shape index (κ2) is 3.73. The van der Waals surface area contributed by atoms with Crippen molar-refractivity contribution in [2.75, 3.05) is 0 Å². The Morgan fingerprint density at radius 1 is 1.42 bits per heavy atom. The normalized spacial score (nSPS) is 9.17. The molecule has 0 fully saturated rings. The summed E-state index contributed by atoms with van der Waals surface area (Å²) in [6.45, 7) is 1.93. The van der Waals surface area contributed by atoms with Crippen LogP contribution in [0.2, 0.25) is 0 Å². The van der Waals surface area contributed by atoms with E-state index in [0.717, 1.165) is 5.56 Å². The summed E-state index contributed by atoms with van der Waals surface area (Å²) < 4.78 is 4.62. The number of carbonyl (C=O) groups is 1. The van der Waals surface area contributed by atoms with E-state index in [0.29, 0.717) is 5.75 Å². The molecule has 0 unspecified atom stereocenters. The molecule has 0 aliphatic heterocycles. The zero-order chi connectivity index (χ0) is 8.97. The Balaban J connectivity index is 2.64. The lowest BCUT2D eigenvalue weighted by Crippen LogP contribution is -2.22. The average molecular weight is 167 g/mol. The smallest absolute Gasteiger partial charge is 0.409 e. The summed E-state index contributed by atoms with van der Waals surface area (Å²) in [5.74, 6) is 0.396. The summed E-state index contributed by atoms with van der Waals surface area (Å²) in [5.41, 5.74) is 2.44. The molecule has 0 bridgehead atoms. The first-order valence-electron chi connectivity index (χ1n) is 3.41. The molecular weight excluding hydrogens is 158 g/mol. The molecule has 2 N–H and O–H groups in total. The molecule has 0 atom stereocenters. The number of hydrogen-bond acceptors (Lipinski definition) is 3. The average Bonchev–Trinajstić information content (AvgIpc) is 2.09. The maximum atomic E-state index is 10.5. The Hall–Kier alpha value is -1.55. The van der Waals surface area contributed by atoms with Gasteiger partial charge in [-0.1, -0.05) is 17.7 Å². The van der Waals surface area contributed by atoms with Crippen molar-refractivity contribution in [2.45, 2.75) is 6.92 Å². The number of benzene rings is 1. The number of hydrogen-bond donors (Lipinski definition) is 2. The van der Waals surface area contributed by atoms with Gasteiger partial charge in [0.15, 0.2) is 0 Å². The van der Waals surface area contributed by atoms with Crippen LogP contribution in [0.15, 0.2) is 24.3 Å². The van der Waals surface area contributed by atoms with E-state index in [4.69, 9.17) is 5.21 Å². The van der Waals surface area contributed by atoms with Gasteiger partial charge in [0.25, 0.3) is 0 Å². The minimum atomic E-state index is -0.890. The highest BCUT2D eigenvalue weighted by Crippen LogP contribution is 2.10. The fraction of sp³-hybridized carbons (Fsp3) is 0.125. The number of hydroxylamine groups is 1. The molecule has 0 saturated heterocycles. The maximum absolute atomic E-state index is 10.5. The quantitative estimate of drug-likeness (QED) is 0.492. The lowest BCUT2D eigenvalue weighted by atomic mass is 10.2. The van der Waals surface area contributed by atoms with Crippen LogP contribution in [-0.4, -0.2) is 11.3 Å². The first-order chi connectivity index (χ1) is 5.72. The molecule has 1 aromatic carbocycles. The number of carbonyl (C=O) groups excluding carboxylic acids is 1. The van der Waals surface area contributed by atoms with Crippen LogP contribution in [0.1, 0.15) is 5.56 Å². The third kappa shape index (κ3) is 2.25. The molecule has 1 amide bonds. The first-order valence-corrected chi connectivity index (χ1v) is 3.41. The topological polar surface area (TPSA) is 58.6 Å². The van der Waals surface area contributed by atoms with Crippen molar-refractivity contribution in [1.29, 1.82) is 0 Å². The van der Waals surface area contributed by atoms with Crippen LogP contribution < -0.4 is 10.2 Å². The van der Waals surface area contributed by atoms with Crippen molar-refractivity contribution in [3.63, 3.8) is 0 Å². The Morgan fingerprint density at radius 3 is 2.50 bits per heavy atom. The monoisotopic (exact) mass is 167 g/mol. The van der Waals surface area contributed by atoms with Gasteiger partial charge in [0, 0.05) is 0 Å². The van der Waals surface area contributed by atoms with Crippen molar-refractivity contribution < 1.29 is 14.7 Å². The molecule has 0 aromatic heterocycles. The predicted molar refractivity (Wildman–Crippen MR) is 42.1 cm³/mol. The minimum Gasteiger partial charge on any atom is -0.409 e. The van der Waals surface area contributed by atoms with E-state index in [2.05, 4.69) is 4.74 Å². The largest absolute Gasteiger partial charge is 0.436 e. The molecule has 0 saturated carbocycles. The van der Waals surface area contributed by atoms with Gasteiger partial charge in [-0.05, 0) is 19.1 Å². The summed E-state index contributed by atoms with van der Waals surface area (Å²) in [6, 6.07) is 6.90. The Labute approximate surface area is 69.7 Å². The molecule has 0 aliphatic carbocycles. The number of aryl methyl sites for hydroxylation is 1. The van der Waals surface area contributed by atoms with Crippen LogP contribution >= 0.6 is 0 Å². The number of amides is 1. The summed E-state index contributed by atoms with van der Waals surface area (Å²) in [6.07, 6.45) is -0.890. The highest BCUT2D eigenvalue weighted by atomic mass is 16.6. The number of ether oxygens (including phenoxy) is 1. The van der Waals surface area contributed by atoms with Gasteiger partial charge in [-0.3, -0.25) is 5.21 Å². The maximum Gasteiger partial charge on any atom is 0.436 e. The fourth-order valence-corrected chi connectivity index (χ4v) is 0.736. The Bertz CT molecular complexity index is 268. The summed E-state index contributed by atoms with van der Waals surface area (Å²) in [4.78, 5) is 10.5. The first kappa shape index (κ1) is 8.55. The molecule has 1 aromatic rings. The minimum absolute atomic E-state index is 0.396. The van der Waals surface area contributed by atoms with Gasteiger partial charge in [0.1, 0.15) is 5.75 Å². The van der Waals surface area contributed by atoms with Gasteiger partial charge >= 0.3 is 6.09 Å². The molecule has 12 heavy (non-hydrogen) atoms. The van der Waals surface area contributed by atoms with Crippen LogP contribution in [0.25, 0.3) is 0 Å². The van der Waals surface area contributed by atoms with Gasteiger partial charge in [-0.15, -0.1) is 0 Å².